The van der Waals surface area contributed by atoms with Gasteiger partial charge in [0.2, 0.25) is 0 Å². The second kappa shape index (κ2) is 14.0. The molecule has 0 bridgehead atoms. The van der Waals surface area contributed by atoms with Crippen molar-refractivity contribution in [2.24, 2.45) is 0 Å². The normalized spacial score (nSPS) is 12.3. The lowest BCUT2D eigenvalue weighted by molar-refractivity contribution is 0.0528. The number of hydrogen-bond acceptors (Lipinski definition) is 7. The van der Waals surface area contributed by atoms with Crippen LogP contribution in [-0.4, -0.2) is 47.7 Å². The number of esters is 1. The number of aromatic nitrogens is 2. The van der Waals surface area contributed by atoms with E-state index in [0.29, 0.717) is 84.1 Å². The Labute approximate surface area is 313 Å². The minimum atomic E-state index is -0.567. The summed E-state index contributed by atoms with van der Waals surface area (Å²) in [4.78, 5) is 33.5. The maximum Gasteiger partial charge on any atom is 0.342 e. The molecule has 4 heterocycles. The summed E-state index contributed by atoms with van der Waals surface area (Å²) in [5.74, 6) is -0.133. The van der Waals surface area contributed by atoms with Crippen molar-refractivity contribution in [3.8, 4) is 34.1 Å². The van der Waals surface area contributed by atoms with Gasteiger partial charge in [0.05, 0.1) is 29.3 Å². The Morgan fingerprint density at radius 2 is 1.33 bits per heavy atom. The Morgan fingerprint density at radius 3 is 1.93 bits per heavy atom. The van der Waals surface area contributed by atoms with Crippen LogP contribution in [0.1, 0.15) is 54.1 Å². The van der Waals surface area contributed by atoms with E-state index >= 15 is 0 Å². The van der Waals surface area contributed by atoms with Gasteiger partial charge >= 0.3 is 5.97 Å². The average molecular weight is 746 g/mol. The third-order valence-electron chi connectivity index (χ3n) is 9.39. The van der Waals surface area contributed by atoms with Crippen LogP contribution in [0.15, 0.2) is 87.8 Å². The summed E-state index contributed by atoms with van der Waals surface area (Å²) in [5.41, 5.74) is 4.71. The van der Waals surface area contributed by atoms with Gasteiger partial charge in [-0.25, -0.2) is 13.6 Å². The zero-order valence-corrected chi connectivity index (χ0v) is 30.7. The number of H-pyrrole nitrogens is 2. The van der Waals surface area contributed by atoms with Crippen LogP contribution in [-0.2, 0) is 11.2 Å². The third kappa shape index (κ3) is 6.33. The highest BCUT2D eigenvalue weighted by Crippen LogP contribution is 2.44. The largest absolute Gasteiger partial charge is 0.489 e. The van der Waals surface area contributed by atoms with Gasteiger partial charge < -0.3 is 38.3 Å². The Morgan fingerprint density at radius 1 is 0.745 bits per heavy atom. The highest BCUT2D eigenvalue weighted by molar-refractivity contribution is 6.18. The summed E-state index contributed by atoms with van der Waals surface area (Å²) >= 11 is 0. The number of ether oxygens (including phenoxy) is 3. The molecule has 4 aromatic carbocycles. The van der Waals surface area contributed by atoms with E-state index in [0.717, 1.165) is 5.69 Å². The van der Waals surface area contributed by atoms with Crippen molar-refractivity contribution >= 4 is 55.6 Å². The number of fused-ring (bicyclic) bond motifs is 6. The number of amides is 1. The molecule has 12 heteroatoms. The number of halogens is 2. The standard InChI is InChI=1S/C43H37F2N3O7/c1-6-51-43(50)35-30-20-33(52-21(2)3)37-31(41(30)55-39(35)24-9-13-26(45)14-10-24)18-27(48-37)17-22(4)53-32-19-29-34(42(49)46-5)38(23-7-11-25(44)12-8-23)54-40(29)28-15-16-47-36(28)32/h7-16,18-22,47-48H,6,17H2,1-5H3,(H,46,49). The van der Waals surface area contributed by atoms with Crippen LogP contribution in [0.3, 0.4) is 0 Å². The van der Waals surface area contributed by atoms with E-state index in [-0.39, 0.29) is 29.9 Å². The minimum absolute atomic E-state index is 0.156. The van der Waals surface area contributed by atoms with E-state index in [4.69, 9.17) is 23.0 Å². The molecular formula is C43H37F2N3O7. The Bertz CT molecular complexity index is 2740. The number of furan rings is 2. The highest BCUT2D eigenvalue weighted by atomic mass is 19.1. The van der Waals surface area contributed by atoms with Crippen LogP contribution < -0.4 is 14.8 Å². The van der Waals surface area contributed by atoms with Crippen LogP contribution in [0.25, 0.3) is 66.4 Å². The summed E-state index contributed by atoms with van der Waals surface area (Å²) in [6, 6.07) is 18.9. The van der Waals surface area contributed by atoms with Crippen LogP contribution in [0.2, 0.25) is 0 Å². The number of hydrogen-bond donors (Lipinski definition) is 3. The molecule has 1 amide bonds. The molecule has 0 aliphatic heterocycles. The lowest BCUT2D eigenvalue weighted by Crippen LogP contribution is -2.18. The Kier molecular flexibility index (Phi) is 9.04. The molecule has 0 aliphatic carbocycles. The van der Waals surface area contributed by atoms with Gasteiger partial charge in [0.1, 0.15) is 57.5 Å². The first kappa shape index (κ1) is 35.5. The molecule has 10 nitrogen and oxygen atoms in total. The van der Waals surface area contributed by atoms with Gasteiger partial charge in [-0.3, -0.25) is 4.79 Å². The molecule has 0 aliphatic rings. The van der Waals surface area contributed by atoms with E-state index in [9.17, 15) is 18.4 Å². The molecule has 55 heavy (non-hydrogen) atoms. The van der Waals surface area contributed by atoms with Crippen molar-refractivity contribution in [3.63, 3.8) is 0 Å². The first-order chi connectivity index (χ1) is 26.5. The summed E-state index contributed by atoms with van der Waals surface area (Å²) in [6.45, 7) is 7.65. The first-order valence-electron chi connectivity index (χ1n) is 18.0. The van der Waals surface area contributed by atoms with Crippen molar-refractivity contribution < 1.29 is 41.4 Å². The maximum atomic E-state index is 13.9. The van der Waals surface area contributed by atoms with Crippen LogP contribution in [0.4, 0.5) is 8.78 Å². The fraction of sp³-hybridized carbons (Fsp3) is 0.209. The number of carbonyl (C=O) groups excluding carboxylic acids is 2. The maximum absolute atomic E-state index is 13.9. The molecule has 0 radical (unpaired) electrons. The molecule has 280 valence electrons. The SMILES string of the molecule is CCOC(=O)c1c(-c2ccc(F)cc2)oc2c1cc(OC(C)C)c1[nH]c(CC(C)Oc3cc4c(C(=O)NC)c(-c5ccc(F)cc5)oc4c4cc[nH]c34)cc12. The molecule has 8 aromatic rings. The van der Waals surface area contributed by atoms with Gasteiger partial charge in [0.15, 0.2) is 0 Å². The van der Waals surface area contributed by atoms with E-state index in [1.165, 1.54) is 24.3 Å². The number of carbonyl (C=O) groups is 2. The topological polar surface area (TPSA) is 132 Å². The summed E-state index contributed by atoms with van der Waals surface area (Å²) < 4.78 is 58.8. The summed E-state index contributed by atoms with van der Waals surface area (Å²) in [6.07, 6.45) is 1.61. The molecule has 4 aromatic heterocycles. The zero-order valence-electron chi connectivity index (χ0n) is 30.7. The molecule has 0 spiro atoms. The van der Waals surface area contributed by atoms with Gasteiger partial charge in [-0.1, -0.05) is 0 Å². The van der Waals surface area contributed by atoms with E-state index < -0.39 is 23.7 Å². The van der Waals surface area contributed by atoms with Crippen molar-refractivity contribution in [2.45, 2.75) is 46.3 Å². The van der Waals surface area contributed by atoms with Gasteiger partial charge in [0.25, 0.3) is 5.91 Å². The number of benzene rings is 4. The summed E-state index contributed by atoms with van der Waals surface area (Å²) in [5, 5.41) is 5.15. The molecule has 1 unspecified atom stereocenters. The van der Waals surface area contributed by atoms with Crippen LogP contribution in [0.5, 0.6) is 11.5 Å². The fourth-order valence-electron chi connectivity index (χ4n) is 7.10. The molecular weight excluding hydrogens is 708 g/mol. The van der Waals surface area contributed by atoms with Gasteiger partial charge in [-0.2, -0.15) is 0 Å². The average Bonchev–Trinajstić information content (AvgIpc) is 3.96. The van der Waals surface area contributed by atoms with Gasteiger partial charge in [-0.15, -0.1) is 0 Å². The molecule has 0 saturated heterocycles. The Hall–Kier alpha value is -6.56. The number of rotatable bonds is 11. The molecule has 3 N–H and O–H groups in total. The smallest absolute Gasteiger partial charge is 0.342 e. The van der Waals surface area contributed by atoms with E-state index in [1.54, 1.807) is 56.6 Å². The fourth-order valence-corrected chi connectivity index (χ4v) is 7.10. The van der Waals surface area contributed by atoms with Crippen molar-refractivity contribution in [2.75, 3.05) is 13.7 Å². The molecule has 1 atom stereocenters. The van der Waals surface area contributed by atoms with Crippen molar-refractivity contribution in [1.29, 1.82) is 0 Å². The second-order valence-electron chi connectivity index (χ2n) is 13.6. The van der Waals surface area contributed by atoms with Crippen LogP contribution in [0, 0.1) is 11.6 Å². The molecule has 0 fully saturated rings. The lowest BCUT2D eigenvalue weighted by atomic mass is 10.0. The molecule has 8 rings (SSSR count). The van der Waals surface area contributed by atoms with Gasteiger partial charge in [0, 0.05) is 58.0 Å². The summed E-state index contributed by atoms with van der Waals surface area (Å²) in [7, 11) is 1.54. The van der Waals surface area contributed by atoms with Crippen LogP contribution >= 0.6 is 0 Å². The van der Waals surface area contributed by atoms with Crippen molar-refractivity contribution in [3.05, 3.63) is 107 Å². The highest BCUT2D eigenvalue weighted by Gasteiger charge is 2.29. The lowest BCUT2D eigenvalue weighted by Gasteiger charge is -2.15. The van der Waals surface area contributed by atoms with Crippen molar-refractivity contribution in [1.82, 2.24) is 15.3 Å². The Balaban J connectivity index is 1.20. The first-order valence-corrected chi connectivity index (χ1v) is 18.0. The monoisotopic (exact) mass is 745 g/mol. The number of nitrogens with one attached hydrogen (secondary N) is 3. The third-order valence-corrected chi connectivity index (χ3v) is 9.39. The number of aromatic amines is 2. The zero-order chi connectivity index (χ0) is 38.5. The van der Waals surface area contributed by atoms with E-state index in [1.807, 2.05) is 32.9 Å². The predicted molar refractivity (Wildman–Crippen MR) is 206 cm³/mol. The molecule has 0 saturated carbocycles. The quantitative estimate of drug-likeness (QED) is 0.112. The van der Waals surface area contributed by atoms with E-state index in [2.05, 4.69) is 15.3 Å². The second-order valence-corrected chi connectivity index (χ2v) is 13.6. The predicted octanol–water partition coefficient (Wildman–Crippen LogP) is 10.1. The minimum Gasteiger partial charge on any atom is -0.489 e. The van der Waals surface area contributed by atoms with Gasteiger partial charge in [-0.05, 0) is 100 Å².